The van der Waals surface area contributed by atoms with Gasteiger partial charge in [-0.1, -0.05) is 11.6 Å². The van der Waals surface area contributed by atoms with Crippen molar-refractivity contribution in [2.45, 2.75) is 23.8 Å². The number of likely N-dealkylation sites (tertiary alicyclic amines) is 1. The Morgan fingerprint density at radius 3 is 2.57 bits per heavy atom. The largest absolute Gasteiger partial charge is 0.486 e. The third-order valence-electron chi connectivity index (χ3n) is 5.48. The van der Waals surface area contributed by atoms with E-state index < -0.39 is 10.0 Å². The zero-order valence-electron chi connectivity index (χ0n) is 16.4. The third-order valence-corrected chi connectivity index (χ3v) is 7.87. The summed E-state index contributed by atoms with van der Waals surface area (Å²) >= 11 is 8.21. The maximum atomic E-state index is 12.5. The van der Waals surface area contributed by atoms with E-state index in [0.29, 0.717) is 34.7 Å². The maximum Gasteiger partial charge on any atom is 0.240 e. The van der Waals surface area contributed by atoms with Crippen LogP contribution in [0.25, 0.3) is 0 Å². The molecule has 6 nitrogen and oxygen atoms in total. The van der Waals surface area contributed by atoms with Crippen LogP contribution in [0.15, 0.2) is 47.4 Å². The van der Waals surface area contributed by atoms with Crippen molar-refractivity contribution < 1.29 is 17.9 Å². The second kappa shape index (κ2) is 9.60. The molecule has 2 heterocycles. The van der Waals surface area contributed by atoms with Gasteiger partial charge in [-0.2, -0.15) is 0 Å². The Kier molecular flexibility index (Phi) is 7.08. The van der Waals surface area contributed by atoms with E-state index in [4.69, 9.17) is 21.1 Å². The van der Waals surface area contributed by atoms with E-state index in [1.807, 2.05) is 6.07 Å². The number of benzene rings is 2. The number of sulfonamides is 1. The molecule has 162 valence electrons. The molecule has 0 saturated carbocycles. The lowest BCUT2D eigenvalue weighted by molar-refractivity contribution is 0.0481. The fourth-order valence-electron chi connectivity index (χ4n) is 3.77. The van der Waals surface area contributed by atoms with E-state index in [1.54, 1.807) is 36.4 Å². The monoisotopic (exact) mass is 562 g/mol. The number of piperidine rings is 1. The van der Waals surface area contributed by atoms with E-state index in [0.717, 1.165) is 41.8 Å². The van der Waals surface area contributed by atoms with Crippen molar-refractivity contribution in [1.82, 2.24) is 9.62 Å². The molecule has 0 amide bonds. The fraction of sp³-hybridized carbons (Fsp3) is 0.429. The van der Waals surface area contributed by atoms with Gasteiger partial charge in [-0.15, -0.1) is 0 Å². The minimum atomic E-state index is -3.46. The number of fused-ring (bicyclic) bond motifs is 1. The number of ether oxygens (including phenoxy) is 2. The van der Waals surface area contributed by atoms with Gasteiger partial charge in [0.05, 0.1) is 4.90 Å². The first-order valence-corrected chi connectivity index (χ1v) is 12.9. The summed E-state index contributed by atoms with van der Waals surface area (Å²) in [5.74, 6) is 1.76. The number of hydrogen-bond acceptors (Lipinski definition) is 5. The van der Waals surface area contributed by atoms with Crippen molar-refractivity contribution in [3.63, 3.8) is 0 Å². The molecule has 0 unspecified atom stereocenters. The molecule has 1 saturated heterocycles. The highest BCUT2D eigenvalue weighted by Gasteiger charge is 2.27. The van der Waals surface area contributed by atoms with Crippen LogP contribution in [0.4, 0.5) is 0 Å². The van der Waals surface area contributed by atoms with Gasteiger partial charge in [-0.25, -0.2) is 13.1 Å². The number of hydrogen-bond donors (Lipinski definition) is 1. The third kappa shape index (κ3) is 5.59. The molecule has 1 N–H and O–H groups in total. The van der Waals surface area contributed by atoms with Crippen LogP contribution in [0.1, 0.15) is 12.8 Å². The van der Waals surface area contributed by atoms with Gasteiger partial charge in [-0.05, 0) is 90.8 Å². The summed E-state index contributed by atoms with van der Waals surface area (Å²) in [5.41, 5.74) is 0. The van der Waals surface area contributed by atoms with Gasteiger partial charge in [0.1, 0.15) is 12.7 Å². The predicted octanol–water partition coefficient (Wildman–Crippen LogP) is 3.77. The van der Waals surface area contributed by atoms with Crippen LogP contribution in [0, 0.1) is 9.49 Å². The molecule has 0 aliphatic carbocycles. The predicted molar refractivity (Wildman–Crippen MR) is 125 cm³/mol. The molecule has 1 atom stereocenters. The SMILES string of the molecule is O=S(=O)(NCC1CCN(C[C@H]2COc3ccc(Cl)cc3O2)CC1)c1ccc(I)cc1. The molecule has 2 aromatic rings. The van der Waals surface area contributed by atoms with Gasteiger partial charge in [0.2, 0.25) is 10.0 Å². The summed E-state index contributed by atoms with van der Waals surface area (Å²) in [6.07, 6.45) is 1.86. The Bertz CT molecular complexity index is 979. The Labute approximate surface area is 196 Å². The standard InChI is InChI=1S/C21H24ClIN2O4S/c22-16-1-6-20-21(11-16)29-18(14-28-20)13-25-9-7-15(8-10-25)12-24-30(26,27)19-4-2-17(23)3-5-19/h1-6,11,15,18,24H,7-10,12-14H2/t18-/m0/s1. The molecule has 0 bridgehead atoms. The van der Waals surface area contributed by atoms with Crippen molar-refractivity contribution in [2.75, 3.05) is 32.8 Å². The summed E-state index contributed by atoms with van der Waals surface area (Å²) in [4.78, 5) is 2.67. The lowest BCUT2D eigenvalue weighted by Crippen LogP contribution is -2.45. The van der Waals surface area contributed by atoms with E-state index >= 15 is 0 Å². The molecule has 2 aliphatic heterocycles. The van der Waals surface area contributed by atoms with E-state index in [2.05, 4.69) is 32.2 Å². The number of rotatable bonds is 6. The van der Waals surface area contributed by atoms with Crippen molar-refractivity contribution in [3.8, 4) is 11.5 Å². The lowest BCUT2D eigenvalue weighted by atomic mass is 9.97. The van der Waals surface area contributed by atoms with Crippen molar-refractivity contribution >= 4 is 44.2 Å². The zero-order valence-corrected chi connectivity index (χ0v) is 20.1. The van der Waals surface area contributed by atoms with E-state index in [-0.39, 0.29) is 6.10 Å². The first-order valence-electron chi connectivity index (χ1n) is 9.96. The van der Waals surface area contributed by atoms with Gasteiger partial charge in [0.25, 0.3) is 0 Å². The molecule has 0 aromatic heterocycles. The average Bonchev–Trinajstić information content (AvgIpc) is 2.73. The summed E-state index contributed by atoms with van der Waals surface area (Å²) < 4.78 is 40.6. The second-order valence-corrected chi connectivity index (χ2v) is 11.1. The van der Waals surface area contributed by atoms with Crippen molar-refractivity contribution in [3.05, 3.63) is 51.1 Å². The minimum absolute atomic E-state index is 0.0353. The number of nitrogens with zero attached hydrogens (tertiary/aromatic N) is 1. The minimum Gasteiger partial charge on any atom is -0.486 e. The molecule has 4 rings (SSSR count). The summed E-state index contributed by atoms with van der Waals surface area (Å²) in [6, 6.07) is 12.3. The first kappa shape index (κ1) is 22.1. The Hall–Kier alpha value is -1.07. The molecule has 30 heavy (non-hydrogen) atoms. The lowest BCUT2D eigenvalue weighted by Gasteiger charge is -2.35. The Balaban J connectivity index is 1.23. The number of nitrogens with one attached hydrogen (secondary N) is 1. The normalized spacial score (nSPS) is 20.3. The van der Waals surface area contributed by atoms with Crippen LogP contribution in [-0.2, 0) is 10.0 Å². The Morgan fingerprint density at radius 1 is 1.10 bits per heavy atom. The molecule has 0 radical (unpaired) electrons. The summed E-state index contributed by atoms with van der Waals surface area (Å²) in [7, 11) is -3.46. The maximum absolute atomic E-state index is 12.5. The molecular formula is C21H24ClIN2O4S. The zero-order chi connectivity index (χ0) is 21.1. The van der Waals surface area contributed by atoms with Gasteiger partial charge >= 0.3 is 0 Å². The summed E-state index contributed by atoms with van der Waals surface area (Å²) in [5, 5.41) is 0.631. The average molecular weight is 563 g/mol. The van der Waals surface area contributed by atoms with E-state index in [1.165, 1.54) is 0 Å². The summed E-state index contributed by atoms with van der Waals surface area (Å²) in [6.45, 7) is 3.60. The molecule has 0 spiro atoms. The van der Waals surface area contributed by atoms with Crippen LogP contribution in [-0.4, -0.2) is 52.2 Å². The molecule has 2 aliphatic rings. The number of halogens is 2. The van der Waals surface area contributed by atoms with E-state index in [9.17, 15) is 8.42 Å². The first-order chi connectivity index (χ1) is 14.4. The van der Waals surface area contributed by atoms with Crippen LogP contribution < -0.4 is 14.2 Å². The highest BCUT2D eigenvalue weighted by molar-refractivity contribution is 14.1. The topological polar surface area (TPSA) is 67.9 Å². The van der Waals surface area contributed by atoms with Gasteiger partial charge in [0.15, 0.2) is 11.5 Å². The molecule has 9 heteroatoms. The molecule has 1 fully saturated rings. The van der Waals surface area contributed by atoms with Gasteiger partial charge < -0.3 is 9.47 Å². The highest BCUT2D eigenvalue weighted by Crippen LogP contribution is 2.34. The molecular weight excluding hydrogens is 539 g/mol. The van der Waals surface area contributed by atoms with Crippen LogP contribution >= 0.6 is 34.2 Å². The van der Waals surface area contributed by atoms with Crippen LogP contribution in [0.3, 0.4) is 0 Å². The van der Waals surface area contributed by atoms with Crippen LogP contribution in [0.5, 0.6) is 11.5 Å². The second-order valence-electron chi connectivity index (χ2n) is 7.69. The van der Waals surface area contributed by atoms with Crippen molar-refractivity contribution in [1.29, 1.82) is 0 Å². The highest BCUT2D eigenvalue weighted by atomic mass is 127. The van der Waals surface area contributed by atoms with Crippen molar-refractivity contribution in [2.24, 2.45) is 5.92 Å². The Morgan fingerprint density at radius 2 is 1.83 bits per heavy atom. The smallest absolute Gasteiger partial charge is 0.240 e. The molecule has 2 aromatic carbocycles. The van der Waals surface area contributed by atoms with Gasteiger partial charge in [-0.3, -0.25) is 4.90 Å². The van der Waals surface area contributed by atoms with Gasteiger partial charge in [0, 0.05) is 27.7 Å². The fourth-order valence-corrected chi connectivity index (χ4v) is 5.40. The van der Waals surface area contributed by atoms with Crippen LogP contribution in [0.2, 0.25) is 5.02 Å². The quantitative estimate of drug-likeness (QED) is 0.543.